The van der Waals surface area contributed by atoms with E-state index >= 15 is 0 Å². The number of nitrogens with one attached hydrogen (secondary N) is 1. The van der Waals surface area contributed by atoms with Gasteiger partial charge in [-0.15, -0.1) is 0 Å². The first-order chi connectivity index (χ1) is 9.21. The number of carboxylic acids is 1. The summed E-state index contributed by atoms with van der Waals surface area (Å²) in [5.41, 5.74) is -0.682. The van der Waals surface area contributed by atoms with Crippen molar-refractivity contribution in [3.8, 4) is 0 Å². The highest BCUT2D eigenvalue weighted by Crippen LogP contribution is 2.14. The van der Waals surface area contributed by atoms with Gasteiger partial charge >= 0.3 is 5.97 Å². The maximum atomic E-state index is 12.2. The van der Waals surface area contributed by atoms with Gasteiger partial charge in [0.05, 0.1) is 0 Å². The molecule has 0 fully saturated rings. The molecule has 0 bridgehead atoms. The van der Waals surface area contributed by atoms with Crippen molar-refractivity contribution in [2.24, 2.45) is 0 Å². The summed E-state index contributed by atoms with van der Waals surface area (Å²) in [6.45, 7) is 3.15. The molecule has 0 spiro atoms. The van der Waals surface area contributed by atoms with E-state index in [0.717, 1.165) is 9.87 Å². The van der Waals surface area contributed by atoms with Gasteiger partial charge in [-0.05, 0) is 18.9 Å². The normalized spacial score (nSPS) is 15.0. The van der Waals surface area contributed by atoms with Crippen LogP contribution in [0, 0.1) is 0 Å². The van der Waals surface area contributed by atoms with E-state index in [1.54, 1.807) is 6.92 Å². The fourth-order valence-electron chi connectivity index (χ4n) is 1.56. The molecule has 7 heteroatoms. The predicted molar refractivity (Wildman–Crippen MR) is 76.3 cm³/mol. The largest absolute Gasteiger partial charge is 0.480 e. The van der Waals surface area contributed by atoms with E-state index in [1.165, 1.54) is 14.0 Å². The molecule has 20 heavy (non-hydrogen) atoms. The van der Waals surface area contributed by atoms with Crippen molar-refractivity contribution in [3.63, 3.8) is 0 Å². The van der Waals surface area contributed by atoms with Crippen LogP contribution in [0.1, 0.15) is 25.8 Å². The third kappa shape index (κ3) is 4.03. The number of aliphatic carboxylic acids is 1. The Morgan fingerprint density at radius 2 is 1.90 bits per heavy atom. The quantitative estimate of drug-likeness (QED) is 0.792. The third-order valence-corrected chi connectivity index (χ3v) is 4.85. The number of rotatable bonds is 7. The van der Waals surface area contributed by atoms with Crippen LogP contribution in [0.5, 0.6) is 0 Å². The highest BCUT2D eigenvalue weighted by Gasteiger charge is 2.37. The van der Waals surface area contributed by atoms with E-state index in [0.29, 0.717) is 0 Å². The number of hydrogen-bond acceptors (Lipinski definition) is 3. The standard InChI is InChI=1S/C13H20N2O4S/c1-4-13(2,12(16)17)14-20(18,19)15(3)10-11-8-6-5-7-9-11/h5-9,14H,4,10H2,1-3H3,(H,16,17). The fourth-order valence-corrected chi connectivity index (χ4v) is 2.83. The molecule has 2 N–H and O–H groups in total. The molecule has 0 radical (unpaired) electrons. The number of benzene rings is 1. The molecule has 0 aliphatic carbocycles. The van der Waals surface area contributed by atoms with Gasteiger partial charge in [0, 0.05) is 13.6 Å². The van der Waals surface area contributed by atoms with Crippen LogP contribution in [-0.2, 0) is 21.5 Å². The van der Waals surface area contributed by atoms with Gasteiger partial charge in [-0.1, -0.05) is 37.3 Å². The van der Waals surface area contributed by atoms with Gasteiger partial charge in [0.15, 0.2) is 0 Å². The summed E-state index contributed by atoms with van der Waals surface area (Å²) < 4.78 is 27.7. The first-order valence-electron chi connectivity index (χ1n) is 6.24. The van der Waals surface area contributed by atoms with Crippen molar-refractivity contribution in [3.05, 3.63) is 35.9 Å². The van der Waals surface area contributed by atoms with Crippen LogP contribution in [0.3, 0.4) is 0 Å². The van der Waals surface area contributed by atoms with Gasteiger partial charge in [0.1, 0.15) is 5.54 Å². The Bertz CT molecular complexity index is 559. The lowest BCUT2D eigenvalue weighted by molar-refractivity contribution is -0.143. The van der Waals surface area contributed by atoms with Gasteiger partial charge in [-0.3, -0.25) is 4.79 Å². The Labute approximate surface area is 119 Å². The van der Waals surface area contributed by atoms with Crippen LogP contribution in [0.15, 0.2) is 30.3 Å². The van der Waals surface area contributed by atoms with Crippen molar-refractivity contribution >= 4 is 16.2 Å². The Morgan fingerprint density at radius 3 is 2.35 bits per heavy atom. The molecule has 1 unspecified atom stereocenters. The Hall–Kier alpha value is -1.44. The molecule has 0 aromatic heterocycles. The summed E-state index contributed by atoms with van der Waals surface area (Å²) in [6.07, 6.45) is 0.154. The Kier molecular flexibility index (Phi) is 5.27. The average molecular weight is 300 g/mol. The van der Waals surface area contributed by atoms with Crippen molar-refractivity contribution in [1.82, 2.24) is 9.03 Å². The maximum absolute atomic E-state index is 12.2. The van der Waals surface area contributed by atoms with E-state index in [-0.39, 0.29) is 13.0 Å². The molecule has 0 saturated heterocycles. The number of carbonyl (C=O) groups is 1. The SMILES string of the molecule is CCC(C)(NS(=O)(=O)N(C)Cc1ccccc1)C(=O)O. The highest BCUT2D eigenvalue weighted by molar-refractivity contribution is 7.87. The Balaban J connectivity index is 2.86. The topological polar surface area (TPSA) is 86.7 Å². The molecule has 0 aliphatic rings. The van der Waals surface area contributed by atoms with Crippen molar-refractivity contribution in [1.29, 1.82) is 0 Å². The number of hydrogen-bond donors (Lipinski definition) is 2. The lowest BCUT2D eigenvalue weighted by Gasteiger charge is -2.27. The molecule has 0 aliphatic heterocycles. The van der Waals surface area contributed by atoms with Gasteiger partial charge in [-0.25, -0.2) is 0 Å². The van der Waals surface area contributed by atoms with Crippen molar-refractivity contribution in [2.75, 3.05) is 7.05 Å². The molecule has 1 aromatic rings. The third-order valence-electron chi connectivity index (χ3n) is 3.19. The summed E-state index contributed by atoms with van der Waals surface area (Å²) >= 11 is 0. The van der Waals surface area contributed by atoms with E-state index in [2.05, 4.69) is 4.72 Å². The average Bonchev–Trinajstić information content (AvgIpc) is 2.39. The smallest absolute Gasteiger partial charge is 0.324 e. The molecule has 1 rings (SSSR count). The minimum absolute atomic E-state index is 0.154. The van der Waals surface area contributed by atoms with Gasteiger partial charge < -0.3 is 5.11 Å². The minimum atomic E-state index is -3.87. The van der Waals surface area contributed by atoms with Gasteiger partial charge in [0.25, 0.3) is 10.2 Å². The summed E-state index contributed by atoms with van der Waals surface area (Å²) in [4.78, 5) is 11.2. The molecule has 0 amide bonds. The first kappa shape index (κ1) is 16.6. The zero-order valence-corrected chi connectivity index (χ0v) is 12.6. The van der Waals surface area contributed by atoms with Crippen molar-refractivity contribution in [2.45, 2.75) is 32.4 Å². The van der Waals surface area contributed by atoms with E-state index in [9.17, 15) is 13.2 Å². The lowest BCUT2D eigenvalue weighted by atomic mass is 10.0. The zero-order valence-electron chi connectivity index (χ0n) is 11.8. The highest BCUT2D eigenvalue weighted by atomic mass is 32.2. The molecule has 6 nitrogen and oxygen atoms in total. The molecule has 0 heterocycles. The molecular formula is C13H20N2O4S. The first-order valence-corrected chi connectivity index (χ1v) is 7.68. The number of carboxylic acid groups (broad SMARTS) is 1. The van der Waals surface area contributed by atoms with E-state index < -0.39 is 21.7 Å². The van der Waals surface area contributed by atoms with E-state index in [4.69, 9.17) is 5.11 Å². The maximum Gasteiger partial charge on any atom is 0.324 e. The summed E-state index contributed by atoms with van der Waals surface area (Å²) in [6, 6.07) is 9.09. The van der Waals surface area contributed by atoms with Crippen LogP contribution in [0.4, 0.5) is 0 Å². The molecule has 1 atom stereocenters. The summed E-state index contributed by atoms with van der Waals surface area (Å²) in [5, 5.41) is 9.12. The van der Waals surface area contributed by atoms with Crippen LogP contribution in [0.2, 0.25) is 0 Å². The summed E-state index contributed by atoms with van der Waals surface area (Å²) in [7, 11) is -2.46. The fraction of sp³-hybridized carbons (Fsp3) is 0.462. The molecule has 112 valence electrons. The zero-order chi connectivity index (χ0) is 15.4. The molecule has 0 saturated carbocycles. The monoisotopic (exact) mass is 300 g/mol. The van der Waals surface area contributed by atoms with E-state index in [1.807, 2.05) is 30.3 Å². The van der Waals surface area contributed by atoms with Gasteiger partial charge in [-0.2, -0.15) is 17.4 Å². The minimum Gasteiger partial charge on any atom is -0.480 e. The molecule has 1 aromatic carbocycles. The van der Waals surface area contributed by atoms with Crippen LogP contribution >= 0.6 is 0 Å². The van der Waals surface area contributed by atoms with Crippen LogP contribution in [0.25, 0.3) is 0 Å². The summed E-state index contributed by atoms with van der Waals surface area (Å²) in [5.74, 6) is -1.20. The van der Waals surface area contributed by atoms with Crippen LogP contribution < -0.4 is 4.72 Å². The lowest BCUT2D eigenvalue weighted by Crippen LogP contribution is -2.55. The second-order valence-corrected chi connectivity index (χ2v) is 6.62. The second kappa shape index (κ2) is 6.34. The van der Waals surface area contributed by atoms with Crippen molar-refractivity contribution < 1.29 is 18.3 Å². The predicted octanol–water partition coefficient (Wildman–Crippen LogP) is 1.21. The molecular weight excluding hydrogens is 280 g/mol. The number of nitrogens with zero attached hydrogens (tertiary/aromatic N) is 1. The van der Waals surface area contributed by atoms with Gasteiger partial charge in [0.2, 0.25) is 0 Å². The van der Waals surface area contributed by atoms with Crippen LogP contribution in [-0.4, -0.2) is 36.4 Å². The second-order valence-electron chi connectivity index (χ2n) is 4.84. The Morgan fingerprint density at radius 1 is 1.35 bits per heavy atom.